The number of imidazole rings is 1. The first-order valence-corrected chi connectivity index (χ1v) is 7.80. The lowest BCUT2D eigenvalue weighted by molar-refractivity contribution is -0.0822. The van der Waals surface area contributed by atoms with E-state index in [1.54, 1.807) is 11.5 Å². The van der Waals surface area contributed by atoms with Crippen molar-refractivity contribution in [2.24, 2.45) is 0 Å². The maximum Gasteiger partial charge on any atom is 0.214 e. The first kappa shape index (κ1) is 15.2. The van der Waals surface area contributed by atoms with Gasteiger partial charge >= 0.3 is 0 Å². The van der Waals surface area contributed by atoms with E-state index < -0.39 is 27.3 Å². The maximum absolute atomic E-state index is 10.2. The fraction of sp³-hybridized carbons (Fsp3) is 0.545. The third-order valence-electron chi connectivity index (χ3n) is 3.49. The number of ether oxygens (including phenoxy) is 1. The van der Waals surface area contributed by atoms with Crippen LogP contribution < -0.4 is 5.73 Å². The van der Waals surface area contributed by atoms with Crippen molar-refractivity contribution in [2.75, 3.05) is 5.73 Å². The molecule has 21 heavy (non-hydrogen) atoms. The van der Waals surface area contributed by atoms with Crippen LogP contribution in [0.1, 0.15) is 6.92 Å². The van der Waals surface area contributed by atoms with Crippen molar-refractivity contribution in [3.8, 4) is 0 Å². The van der Waals surface area contributed by atoms with Crippen molar-refractivity contribution >= 4 is 52.2 Å². The van der Waals surface area contributed by atoms with Gasteiger partial charge in [0.2, 0.25) is 3.73 Å². The van der Waals surface area contributed by atoms with Gasteiger partial charge in [-0.15, -0.1) is 0 Å². The van der Waals surface area contributed by atoms with Gasteiger partial charge in [-0.05, 0) is 29.5 Å². The van der Waals surface area contributed by atoms with Gasteiger partial charge in [0.25, 0.3) is 0 Å². The lowest BCUT2D eigenvalue weighted by Gasteiger charge is -2.28. The van der Waals surface area contributed by atoms with Crippen molar-refractivity contribution in [3.63, 3.8) is 0 Å². The summed E-state index contributed by atoms with van der Waals surface area (Å²) in [7, 11) is 0. The Morgan fingerprint density at radius 3 is 2.86 bits per heavy atom. The predicted molar refractivity (Wildman–Crippen MR) is 87.1 cm³/mol. The molecule has 3 heterocycles. The van der Waals surface area contributed by atoms with Crippen LogP contribution in [0.3, 0.4) is 0 Å². The first-order chi connectivity index (χ1) is 9.86. The number of halogens is 1. The maximum atomic E-state index is 10.2. The largest absolute Gasteiger partial charge is 0.391 e. The molecule has 0 aromatic carbocycles. The molecule has 10 heteroatoms. The van der Waals surface area contributed by atoms with Crippen LogP contribution >= 0.6 is 35.2 Å². The fourth-order valence-corrected chi connectivity index (χ4v) is 3.75. The molecule has 5 atom stereocenters. The van der Waals surface area contributed by atoms with Gasteiger partial charge in [-0.3, -0.25) is 4.57 Å². The molecule has 0 spiro atoms. The van der Waals surface area contributed by atoms with E-state index in [-0.39, 0.29) is 5.82 Å². The average molecular weight is 423 g/mol. The van der Waals surface area contributed by atoms with Crippen molar-refractivity contribution in [1.29, 1.82) is 0 Å². The Morgan fingerprint density at radius 1 is 1.52 bits per heavy atom. The molecule has 114 valence electrons. The number of anilines is 1. The second-order valence-corrected chi connectivity index (χ2v) is 7.02. The molecule has 1 aliphatic rings. The molecule has 1 aliphatic heterocycles. The number of hydrogen-bond donors (Lipinski definition) is 4. The summed E-state index contributed by atoms with van der Waals surface area (Å²) in [5.41, 5.74) is 6.70. The van der Waals surface area contributed by atoms with Gasteiger partial charge < -0.3 is 20.7 Å². The van der Waals surface area contributed by atoms with Crippen LogP contribution in [0.15, 0.2) is 12.7 Å². The highest BCUT2D eigenvalue weighted by molar-refractivity contribution is 14.1. The number of nitrogens with two attached hydrogens (primary N) is 1. The molecule has 1 unspecified atom stereocenters. The van der Waals surface area contributed by atoms with Crippen LogP contribution in [0.5, 0.6) is 0 Å². The number of nitrogens with zero attached hydrogens (tertiary/aromatic N) is 4. The summed E-state index contributed by atoms with van der Waals surface area (Å²) in [6, 6.07) is 0. The van der Waals surface area contributed by atoms with E-state index in [9.17, 15) is 10.2 Å². The molecule has 2 aromatic heterocycles. The molecular weight excluding hydrogens is 409 g/mol. The molecule has 4 N–H and O–H groups in total. The van der Waals surface area contributed by atoms with Gasteiger partial charge in [0.1, 0.15) is 24.3 Å². The van der Waals surface area contributed by atoms with Crippen molar-refractivity contribution in [3.05, 3.63) is 12.7 Å². The predicted octanol–water partition coefficient (Wildman–Crippen LogP) is -0.107. The van der Waals surface area contributed by atoms with Gasteiger partial charge in [0.15, 0.2) is 11.5 Å². The first-order valence-electron chi connectivity index (χ1n) is 6.21. The molecular formula is C11H14IN5O3S. The van der Waals surface area contributed by atoms with Crippen LogP contribution in [0, 0.1) is 0 Å². The molecule has 8 nitrogen and oxygen atoms in total. The summed E-state index contributed by atoms with van der Waals surface area (Å²) < 4.78 is 6.46. The zero-order valence-electron chi connectivity index (χ0n) is 11.0. The van der Waals surface area contributed by atoms with E-state index in [2.05, 4.69) is 27.6 Å². The summed E-state index contributed by atoms with van der Waals surface area (Å²) in [6.45, 7) is 1.56. The minimum atomic E-state index is -1.04. The summed E-state index contributed by atoms with van der Waals surface area (Å²) in [5, 5.41) is 19.4. The van der Waals surface area contributed by atoms with E-state index >= 15 is 0 Å². The van der Waals surface area contributed by atoms with Gasteiger partial charge in [0, 0.05) is 0 Å². The SMILES string of the molecule is CC(O)[C@H]1O[C@@](I)(n2cnc3c(N)ncnc32)[C@H](S)[C@@H]1O. The number of nitrogen functional groups attached to an aromatic ring is 1. The zero-order valence-corrected chi connectivity index (χ0v) is 14.0. The monoisotopic (exact) mass is 423 g/mol. The quantitative estimate of drug-likeness (QED) is 0.303. The number of aromatic nitrogens is 4. The lowest BCUT2D eigenvalue weighted by Crippen LogP contribution is -2.37. The smallest absolute Gasteiger partial charge is 0.214 e. The average Bonchev–Trinajstić information content (AvgIpc) is 2.96. The minimum absolute atomic E-state index is 0.264. The Kier molecular flexibility index (Phi) is 3.76. The Hall–Kier alpha value is -0.690. The Balaban J connectivity index is 2.11. The summed E-state index contributed by atoms with van der Waals surface area (Å²) in [5.74, 6) is 0.264. The molecule has 2 aromatic rings. The molecule has 0 bridgehead atoms. The number of hydrogen-bond acceptors (Lipinski definition) is 8. The van der Waals surface area contributed by atoms with Gasteiger partial charge in [-0.1, -0.05) is 0 Å². The molecule has 3 rings (SSSR count). The second-order valence-electron chi connectivity index (χ2n) is 4.91. The van der Waals surface area contributed by atoms with E-state index in [1.165, 1.54) is 12.7 Å². The van der Waals surface area contributed by atoms with E-state index in [0.29, 0.717) is 11.2 Å². The highest BCUT2D eigenvalue weighted by Gasteiger charge is 2.55. The molecule has 1 saturated heterocycles. The van der Waals surface area contributed by atoms with Gasteiger partial charge in [-0.25, -0.2) is 15.0 Å². The summed E-state index contributed by atoms with van der Waals surface area (Å²) in [4.78, 5) is 12.2. The molecule has 0 radical (unpaired) electrons. The fourth-order valence-electron chi connectivity index (χ4n) is 2.38. The second kappa shape index (κ2) is 5.19. The zero-order chi connectivity index (χ0) is 15.4. The van der Waals surface area contributed by atoms with Crippen LogP contribution in [0.4, 0.5) is 5.82 Å². The minimum Gasteiger partial charge on any atom is -0.391 e. The van der Waals surface area contributed by atoms with Crippen molar-refractivity contribution in [2.45, 2.75) is 34.2 Å². The number of rotatable bonds is 2. The molecule has 0 aliphatic carbocycles. The topological polar surface area (TPSA) is 119 Å². The highest BCUT2D eigenvalue weighted by atomic mass is 127. The van der Waals surface area contributed by atoms with Crippen molar-refractivity contribution < 1.29 is 14.9 Å². The highest BCUT2D eigenvalue weighted by Crippen LogP contribution is 2.46. The van der Waals surface area contributed by atoms with E-state index in [4.69, 9.17) is 10.5 Å². The summed E-state index contributed by atoms with van der Waals surface area (Å²) in [6.07, 6.45) is 0.340. The lowest BCUT2D eigenvalue weighted by atomic mass is 10.1. The summed E-state index contributed by atoms with van der Waals surface area (Å²) >= 11 is 6.47. The van der Waals surface area contributed by atoms with Gasteiger partial charge in [0.05, 0.1) is 17.5 Å². The van der Waals surface area contributed by atoms with Crippen LogP contribution in [0.25, 0.3) is 11.2 Å². The third-order valence-corrected chi connectivity index (χ3v) is 6.09. The Labute approximate surface area is 139 Å². The standard InChI is InChI=1S/C11H14IN5O3S/c1-4(18)7-6(19)8(21)11(12,20-7)17-3-16-5-9(13)14-2-15-10(5)17/h2-4,6-8,18-19,21H,1H3,(H2,13,14,15)/t4?,6-,7-,8-,11+/m1/s1. The van der Waals surface area contributed by atoms with Gasteiger partial charge in [-0.2, -0.15) is 12.6 Å². The molecule has 0 amide bonds. The Morgan fingerprint density at radius 2 is 2.24 bits per heavy atom. The molecule has 0 saturated carbocycles. The Bertz CT molecular complexity index is 683. The van der Waals surface area contributed by atoms with Crippen LogP contribution in [-0.2, 0) is 8.47 Å². The van der Waals surface area contributed by atoms with E-state index in [0.717, 1.165) is 0 Å². The molecule has 1 fully saturated rings. The van der Waals surface area contributed by atoms with Crippen LogP contribution in [0.2, 0.25) is 0 Å². The van der Waals surface area contributed by atoms with Crippen LogP contribution in [-0.4, -0.2) is 53.3 Å². The van der Waals surface area contributed by atoms with Crippen molar-refractivity contribution in [1.82, 2.24) is 19.5 Å². The third kappa shape index (κ3) is 2.20. The number of fused-ring (bicyclic) bond motifs is 1. The number of aliphatic hydroxyl groups is 2. The normalized spacial score (nSPS) is 34.4. The number of alkyl halides is 1. The van der Waals surface area contributed by atoms with E-state index in [1.807, 2.05) is 22.6 Å². The number of thiol groups is 1. The number of aliphatic hydroxyl groups excluding tert-OH is 2.